The van der Waals surface area contributed by atoms with Crippen molar-refractivity contribution in [2.45, 2.75) is 30.9 Å². The molecule has 0 aliphatic carbocycles. The highest BCUT2D eigenvalue weighted by Gasteiger charge is 2.25. The predicted molar refractivity (Wildman–Crippen MR) is 140 cm³/mol. The topological polar surface area (TPSA) is 92.3 Å². The van der Waals surface area contributed by atoms with Gasteiger partial charge in [0.1, 0.15) is 17.7 Å². The summed E-state index contributed by atoms with van der Waals surface area (Å²) in [6, 6.07) is 20.7. The summed E-state index contributed by atoms with van der Waals surface area (Å²) in [5.74, 6) is 1.69. The van der Waals surface area contributed by atoms with Crippen LogP contribution in [-0.4, -0.2) is 33.3 Å². The highest BCUT2D eigenvalue weighted by molar-refractivity contribution is 7.99. The molecule has 3 aromatic carbocycles. The molecule has 1 atom stereocenters. The van der Waals surface area contributed by atoms with Crippen molar-refractivity contribution in [2.24, 2.45) is 0 Å². The second-order valence-corrected chi connectivity index (χ2v) is 9.69. The Balaban J connectivity index is 1.61. The zero-order valence-electron chi connectivity index (χ0n) is 20.1. The van der Waals surface area contributed by atoms with Crippen molar-refractivity contribution in [1.29, 1.82) is 0 Å². The molecule has 0 amide bonds. The van der Waals surface area contributed by atoms with Crippen molar-refractivity contribution in [3.63, 3.8) is 0 Å². The lowest BCUT2D eigenvalue weighted by molar-refractivity contribution is -0.479. The summed E-state index contributed by atoms with van der Waals surface area (Å²) in [7, 11) is 1.54. The smallest absolute Gasteiger partial charge is 0.220 e. The number of thioether (sulfide) groups is 1. The van der Waals surface area contributed by atoms with Crippen LogP contribution in [0.15, 0.2) is 71.9 Å². The second-order valence-electron chi connectivity index (χ2n) is 8.11. The Morgan fingerprint density at radius 1 is 1.06 bits per heavy atom. The van der Waals surface area contributed by atoms with Gasteiger partial charge in [-0.3, -0.25) is 14.7 Å². The van der Waals surface area contributed by atoms with Gasteiger partial charge in [0.25, 0.3) is 0 Å². The number of nitro groups is 1. The molecule has 0 aliphatic rings. The zero-order valence-corrected chi connectivity index (χ0v) is 21.6. The number of aromatic nitrogens is 3. The monoisotopic (exact) mass is 524 g/mol. The third-order valence-corrected chi connectivity index (χ3v) is 7.10. The van der Waals surface area contributed by atoms with Crippen molar-refractivity contribution in [2.75, 3.05) is 13.7 Å². The number of hydrogen-bond donors (Lipinski definition) is 0. The lowest BCUT2D eigenvalue weighted by Crippen LogP contribution is -2.11. The first kappa shape index (κ1) is 25.5. The number of aryl methyl sites for hydroxylation is 2. The first-order chi connectivity index (χ1) is 17.4. The van der Waals surface area contributed by atoms with Gasteiger partial charge in [-0.2, -0.15) is 0 Å². The summed E-state index contributed by atoms with van der Waals surface area (Å²) in [4.78, 5) is 11.2. The highest BCUT2D eigenvalue weighted by Crippen LogP contribution is 2.39. The van der Waals surface area contributed by atoms with E-state index >= 15 is 0 Å². The number of ether oxygens (including phenoxy) is 2. The van der Waals surface area contributed by atoms with Crippen LogP contribution >= 0.6 is 23.4 Å². The van der Waals surface area contributed by atoms with Crippen molar-refractivity contribution in [1.82, 2.24) is 14.8 Å². The molecular weight excluding hydrogens is 500 g/mol. The summed E-state index contributed by atoms with van der Waals surface area (Å²) in [5, 5.41) is 20.7. The van der Waals surface area contributed by atoms with E-state index in [1.807, 2.05) is 66.9 Å². The third-order valence-electron chi connectivity index (χ3n) is 5.55. The fourth-order valence-corrected chi connectivity index (χ4v) is 5.01. The van der Waals surface area contributed by atoms with Gasteiger partial charge in [0.2, 0.25) is 6.54 Å². The molecule has 10 heteroatoms. The summed E-state index contributed by atoms with van der Waals surface area (Å²) in [6.07, 6.45) is 0. The van der Waals surface area contributed by atoms with Crippen molar-refractivity contribution < 1.29 is 14.4 Å². The van der Waals surface area contributed by atoms with Gasteiger partial charge >= 0.3 is 0 Å². The van der Waals surface area contributed by atoms with E-state index in [2.05, 4.69) is 10.2 Å². The third kappa shape index (κ3) is 5.98. The second kappa shape index (κ2) is 11.5. The molecular formula is C26H25ClN4O4S. The van der Waals surface area contributed by atoms with Crippen LogP contribution < -0.4 is 9.47 Å². The van der Waals surface area contributed by atoms with Gasteiger partial charge in [0.05, 0.1) is 7.11 Å². The minimum absolute atomic E-state index is 0.265. The SMILES string of the molecule is COc1cc([C@H](C[N+](=O)[O-])Sc2nnc(C)n2-c2ccc(C)cc2)ccc1OCc1ccccc1Cl. The Morgan fingerprint density at radius 3 is 2.50 bits per heavy atom. The molecule has 0 aliphatic heterocycles. The Morgan fingerprint density at radius 2 is 1.81 bits per heavy atom. The quantitative estimate of drug-likeness (QED) is 0.138. The summed E-state index contributed by atoms with van der Waals surface area (Å²) >= 11 is 7.52. The Labute approximate surface area is 218 Å². The predicted octanol–water partition coefficient (Wildman–Crippen LogP) is 6.24. The van der Waals surface area contributed by atoms with E-state index in [9.17, 15) is 10.1 Å². The molecule has 4 rings (SSSR count). The van der Waals surface area contributed by atoms with Crippen LogP contribution in [-0.2, 0) is 6.61 Å². The summed E-state index contributed by atoms with van der Waals surface area (Å²) in [6.45, 7) is 3.84. The van der Waals surface area contributed by atoms with Crippen LogP contribution in [0.25, 0.3) is 5.69 Å². The maximum atomic E-state index is 11.6. The van der Waals surface area contributed by atoms with Gasteiger partial charge in [-0.05, 0) is 49.7 Å². The lowest BCUT2D eigenvalue weighted by atomic mass is 10.1. The van der Waals surface area contributed by atoms with E-state index in [1.54, 1.807) is 18.2 Å². The molecule has 8 nitrogen and oxygen atoms in total. The van der Waals surface area contributed by atoms with Crippen LogP contribution in [0.5, 0.6) is 11.5 Å². The summed E-state index contributed by atoms with van der Waals surface area (Å²) < 4.78 is 13.4. The van der Waals surface area contributed by atoms with E-state index in [0.29, 0.717) is 27.5 Å². The van der Waals surface area contributed by atoms with E-state index in [1.165, 1.54) is 18.9 Å². The number of rotatable bonds is 10. The average Bonchev–Trinajstić information content (AvgIpc) is 3.23. The van der Waals surface area contributed by atoms with Crippen molar-refractivity contribution in [3.8, 4) is 17.2 Å². The number of benzene rings is 3. The van der Waals surface area contributed by atoms with Gasteiger partial charge in [-0.1, -0.05) is 65.3 Å². The molecule has 0 saturated heterocycles. The van der Waals surface area contributed by atoms with Crippen molar-refractivity contribution in [3.05, 3.63) is 104 Å². The molecule has 1 aromatic heterocycles. The van der Waals surface area contributed by atoms with E-state index in [4.69, 9.17) is 21.1 Å². The molecule has 186 valence electrons. The molecule has 0 unspecified atom stereocenters. The van der Waals surface area contributed by atoms with Gasteiger partial charge in [-0.15, -0.1) is 10.2 Å². The van der Waals surface area contributed by atoms with Crippen molar-refractivity contribution >= 4 is 23.4 Å². The molecule has 0 radical (unpaired) electrons. The Hall–Kier alpha value is -3.56. The van der Waals surface area contributed by atoms with Crippen LogP contribution in [0.3, 0.4) is 0 Å². The maximum Gasteiger partial charge on any atom is 0.220 e. The number of methoxy groups -OCH3 is 1. The fraction of sp³-hybridized carbons (Fsp3) is 0.231. The number of hydrogen-bond acceptors (Lipinski definition) is 7. The lowest BCUT2D eigenvalue weighted by Gasteiger charge is -2.17. The first-order valence-corrected chi connectivity index (χ1v) is 12.4. The molecule has 0 N–H and O–H groups in total. The molecule has 1 heterocycles. The van der Waals surface area contributed by atoms with E-state index < -0.39 is 5.25 Å². The molecule has 36 heavy (non-hydrogen) atoms. The summed E-state index contributed by atoms with van der Waals surface area (Å²) in [5.41, 5.74) is 3.59. The van der Waals surface area contributed by atoms with Crippen LogP contribution in [0.4, 0.5) is 0 Å². The maximum absolute atomic E-state index is 11.6. The number of halogens is 1. The Bertz CT molecular complexity index is 1360. The standard InChI is InChI=1S/C26H25ClN4O4S/c1-17-8-11-21(12-9-17)31-18(2)28-29-26(31)36-25(15-30(32)33)19-10-13-23(24(14-19)34-3)35-16-20-6-4-5-7-22(20)27/h4-14,25H,15-16H2,1-3H3/t25-/m0/s1. The van der Waals surface area contributed by atoms with Crippen LogP contribution in [0.2, 0.25) is 5.02 Å². The molecule has 4 aromatic rings. The van der Waals surface area contributed by atoms with Gasteiger partial charge in [-0.25, -0.2) is 0 Å². The molecule has 0 saturated carbocycles. The average molecular weight is 525 g/mol. The van der Waals surface area contributed by atoms with Gasteiger partial charge in [0, 0.05) is 21.2 Å². The van der Waals surface area contributed by atoms with Crippen LogP contribution in [0, 0.1) is 24.0 Å². The number of nitrogens with zero attached hydrogens (tertiary/aromatic N) is 4. The van der Waals surface area contributed by atoms with Gasteiger partial charge < -0.3 is 9.47 Å². The Kier molecular flexibility index (Phi) is 8.12. The van der Waals surface area contributed by atoms with E-state index in [-0.39, 0.29) is 18.1 Å². The minimum Gasteiger partial charge on any atom is -0.493 e. The van der Waals surface area contributed by atoms with Gasteiger partial charge in [0.15, 0.2) is 16.7 Å². The van der Waals surface area contributed by atoms with E-state index in [0.717, 1.165) is 22.4 Å². The molecule has 0 spiro atoms. The highest BCUT2D eigenvalue weighted by atomic mass is 35.5. The largest absolute Gasteiger partial charge is 0.493 e. The fourth-order valence-electron chi connectivity index (χ4n) is 3.66. The minimum atomic E-state index is -0.528. The zero-order chi connectivity index (χ0) is 25.7. The van der Waals surface area contributed by atoms with Crippen LogP contribution in [0.1, 0.15) is 27.8 Å². The molecule has 0 fully saturated rings. The molecule has 0 bridgehead atoms. The first-order valence-electron chi connectivity index (χ1n) is 11.2. The normalized spacial score (nSPS) is 11.8.